The van der Waals surface area contributed by atoms with Gasteiger partial charge in [-0.3, -0.25) is 4.79 Å². The Balaban J connectivity index is 1.76. The van der Waals surface area contributed by atoms with Crippen LogP contribution in [0.2, 0.25) is 10.0 Å². The van der Waals surface area contributed by atoms with E-state index in [4.69, 9.17) is 27.9 Å². The van der Waals surface area contributed by atoms with E-state index in [2.05, 4.69) is 5.32 Å². The molecule has 0 saturated carbocycles. The highest BCUT2D eigenvalue weighted by atomic mass is 35.5. The second kappa shape index (κ2) is 8.06. The highest BCUT2D eigenvalue weighted by Crippen LogP contribution is 2.16. The van der Waals surface area contributed by atoms with Crippen LogP contribution in [0.1, 0.15) is 12.5 Å². The Morgan fingerprint density at radius 2 is 1.59 bits per heavy atom. The van der Waals surface area contributed by atoms with Crippen LogP contribution in [0.25, 0.3) is 0 Å². The van der Waals surface area contributed by atoms with Gasteiger partial charge < -0.3 is 10.1 Å². The molecule has 1 N–H and O–H groups in total. The number of carbonyl (C=O) groups excluding carboxylic acids is 1. The third-order valence-electron chi connectivity index (χ3n) is 3.12. The van der Waals surface area contributed by atoms with Gasteiger partial charge in [0.05, 0.1) is 0 Å². The smallest absolute Gasteiger partial charge is 0.260 e. The van der Waals surface area contributed by atoms with E-state index >= 15 is 0 Å². The van der Waals surface area contributed by atoms with Gasteiger partial charge in [-0.1, -0.05) is 35.3 Å². The fourth-order valence-electron chi connectivity index (χ4n) is 1.90. The van der Waals surface area contributed by atoms with Crippen LogP contribution in [0.3, 0.4) is 0 Å². The molecule has 1 atom stereocenters. The second-order valence-corrected chi connectivity index (χ2v) is 5.75. The number of carbonyl (C=O) groups is 1. The summed E-state index contributed by atoms with van der Waals surface area (Å²) in [5.74, 6) is 0.466. The maximum absolute atomic E-state index is 12.0. The maximum Gasteiger partial charge on any atom is 0.260 e. The Kier molecular flexibility index (Phi) is 6.10. The largest absolute Gasteiger partial charge is 0.481 e. The molecule has 2 aromatic carbocycles. The highest BCUT2D eigenvalue weighted by molar-refractivity contribution is 6.30. The van der Waals surface area contributed by atoms with Gasteiger partial charge in [0.2, 0.25) is 0 Å². The minimum Gasteiger partial charge on any atom is -0.481 e. The molecule has 0 bridgehead atoms. The summed E-state index contributed by atoms with van der Waals surface area (Å²) in [5.41, 5.74) is 1.12. The molecule has 1 unspecified atom stereocenters. The fraction of sp³-hybridized carbons (Fsp3) is 0.235. The van der Waals surface area contributed by atoms with Crippen molar-refractivity contribution in [2.24, 2.45) is 0 Å². The lowest BCUT2D eigenvalue weighted by molar-refractivity contribution is -0.127. The Bertz CT molecular complexity index is 612. The van der Waals surface area contributed by atoms with Crippen molar-refractivity contribution in [3.8, 4) is 5.75 Å². The first-order chi connectivity index (χ1) is 10.5. The minimum atomic E-state index is -0.564. The van der Waals surface area contributed by atoms with Crippen LogP contribution in [-0.4, -0.2) is 18.6 Å². The maximum atomic E-state index is 12.0. The van der Waals surface area contributed by atoms with Crippen molar-refractivity contribution in [1.82, 2.24) is 5.32 Å². The van der Waals surface area contributed by atoms with Crippen LogP contribution in [0.15, 0.2) is 48.5 Å². The van der Waals surface area contributed by atoms with E-state index in [0.717, 1.165) is 12.0 Å². The molecule has 5 heteroatoms. The van der Waals surface area contributed by atoms with Gasteiger partial charge in [-0.05, 0) is 55.3 Å². The van der Waals surface area contributed by atoms with Crippen molar-refractivity contribution in [3.63, 3.8) is 0 Å². The van der Waals surface area contributed by atoms with Crippen molar-refractivity contribution in [2.45, 2.75) is 19.4 Å². The van der Waals surface area contributed by atoms with Crippen LogP contribution in [-0.2, 0) is 11.2 Å². The number of nitrogens with one attached hydrogen (secondary N) is 1. The van der Waals surface area contributed by atoms with E-state index in [1.54, 1.807) is 31.2 Å². The number of ether oxygens (including phenoxy) is 1. The summed E-state index contributed by atoms with van der Waals surface area (Å²) >= 11 is 11.6. The number of benzene rings is 2. The minimum absolute atomic E-state index is 0.149. The Morgan fingerprint density at radius 1 is 1.05 bits per heavy atom. The van der Waals surface area contributed by atoms with Gasteiger partial charge in [-0.25, -0.2) is 0 Å². The molecule has 2 aromatic rings. The first kappa shape index (κ1) is 16.7. The van der Waals surface area contributed by atoms with Gasteiger partial charge in [0.1, 0.15) is 5.75 Å². The predicted molar refractivity (Wildman–Crippen MR) is 89.7 cm³/mol. The van der Waals surface area contributed by atoms with E-state index in [-0.39, 0.29) is 5.91 Å². The molecule has 2 rings (SSSR count). The number of halogens is 2. The average molecular weight is 338 g/mol. The van der Waals surface area contributed by atoms with Gasteiger partial charge in [-0.15, -0.1) is 0 Å². The number of amides is 1. The summed E-state index contributed by atoms with van der Waals surface area (Å²) in [6.45, 7) is 2.26. The lowest BCUT2D eigenvalue weighted by atomic mass is 10.1. The molecule has 0 radical (unpaired) electrons. The molecular formula is C17H17Cl2NO2. The summed E-state index contributed by atoms with van der Waals surface area (Å²) in [5, 5.41) is 4.19. The van der Waals surface area contributed by atoms with E-state index in [1.807, 2.05) is 24.3 Å². The van der Waals surface area contributed by atoms with E-state index in [0.29, 0.717) is 22.3 Å². The molecule has 0 fully saturated rings. The zero-order valence-electron chi connectivity index (χ0n) is 12.2. The van der Waals surface area contributed by atoms with Crippen molar-refractivity contribution in [2.75, 3.05) is 6.54 Å². The molecule has 0 heterocycles. The number of hydrogen-bond acceptors (Lipinski definition) is 2. The van der Waals surface area contributed by atoms with Crippen LogP contribution in [0.5, 0.6) is 5.75 Å². The topological polar surface area (TPSA) is 38.3 Å². The summed E-state index contributed by atoms with van der Waals surface area (Å²) in [7, 11) is 0. The summed E-state index contributed by atoms with van der Waals surface area (Å²) < 4.78 is 5.56. The van der Waals surface area contributed by atoms with Gasteiger partial charge >= 0.3 is 0 Å². The molecule has 0 aliphatic rings. The third-order valence-corrected chi connectivity index (χ3v) is 3.63. The monoisotopic (exact) mass is 337 g/mol. The Morgan fingerprint density at radius 3 is 2.18 bits per heavy atom. The SMILES string of the molecule is CC(Oc1ccc(Cl)cc1)C(=O)NCCc1ccc(Cl)cc1. The summed E-state index contributed by atoms with van der Waals surface area (Å²) in [6, 6.07) is 14.5. The molecule has 0 aliphatic heterocycles. The lowest BCUT2D eigenvalue weighted by Crippen LogP contribution is -2.37. The van der Waals surface area contributed by atoms with Crippen molar-refractivity contribution in [1.29, 1.82) is 0 Å². The molecule has 0 spiro atoms. The summed E-state index contributed by atoms with van der Waals surface area (Å²) in [6.07, 6.45) is 0.183. The van der Waals surface area contributed by atoms with Gasteiger partial charge in [0.15, 0.2) is 6.10 Å². The quantitative estimate of drug-likeness (QED) is 0.860. The molecule has 1 amide bonds. The van der Waals surface area contributed by atoms with Crippen LogP contribution in [0.4, 0.5) is 0 Å². The highest BCUT2D eigenvalue weighted by Gasteiger charge is 2.13. The van der Waals surface area contributed by atoms with Gasteiger partial charge in [0.25, 0.3) is 5.91 Å². The standard InChI is InChI=1S/C17H17Cl2NO2/c1-12(22-16-8-6-15(19)7-9-16)17(21)20-11-10-13-2-4-14(18)5-3-13/h2-9,12H,10-11H2,1H3,(H,20,21). The molecule has 0 saturated heterocycles. The molecule has 0 aliphatic carbocycles. The van der Waals surface area contributed by atoms with Gasteiger partial charge in [-0.2, -0.15) is 0 Å². The van der Waals surface area contributed by atoms with Crippen LogP contribution >= 0.6 is 23.2 Å². The first-order valence-electron chi connectivity index (χ1n) is 6.99. The third kappa shape index (κ3) is 5.24. The fourth-order valence-corrected chi connectivity index (χ4v) is 2.15. The molecule has 22 heavy (non-hydrogen) atoms. The zero-order valence-corrected chi connectivity index (χ0v) is 13.7. The Hall–Kier alpha value is -1.71. The van der Waals surface area contributed by atoms with E-state index in [1.165, 1.54) is 0 Å². The molecule has 0 aromatic heterocycles. The van der Waals surface area contributed by atoms with Crippen LogP contribution in [0, 0.1) is 0 Å². The lowest BCUT2D eigenvalue weighted by Gasteiger charge is -2.14. The molecular weight excluding hydrogens is 321 g/mol. The van der Waals surface area contributed by atoms with Crippen molar-refractivity contribution < 1.29 is 9.53 Å². The molecule has 116 valence electrons. The predicted octanol–water partition coefficient (Wildman–Crippen LogP) is 4.12. The van der Waals surface area contributed by atoms with Crippen molar-refractivity contribution >= 4 is 29.1 Å². The normalized spacial score (nSPS) is 11.8. The zero-order chi connectivity index (χ0) is 15.9. The Labute approximate surface area is 140 Å². The van der Waals surface area contributed by atoms with Gasteiger partial charge in [0, 0.05) is 16.6 Å². The number of hydrogen-bond donors (Lipinski definition) is 1. The number of rotatable bonds is 6. The van der Waals surface area contributed by atoms with E-state index < -0.39 is 6.10 Å². The molecule has 3 nitrogen and oxygen atoms in total. The first-order valence-corrected chi connectivity index (χ1v) is 7.74. The van der Waals surface area contributed by atoms with Crippen LogP contribution < -0.4 is 10.1 Å². The summed E-state index contributed by atoms with van der Waals surface area (Å²) in [4.78, 5) is 12.0. The van der Waals surface area contributed by atoms with E-state index in [9.17, 15) is 4.79 Å². The second-order valence-electron chi connectivity index (χ2n) is 4.88. The van der Waals surface area contributed by atoms with Crippen molar-refractivity contribution in [3.05, 3.63) is 64.1 Å². The average Bonchev–Trinajstić information content (AvgIpc) is 2.51.